The fraction of sp³-hybridized carbons (Fsp3) is 0. The number of carbonyl (C=O) groups is 1. The minimum absolute atomic E-state index is 0.0260. The molecular weight excluding hydrogens is 273 g/mol. The highest BCUT2D eigenvalue weighted by atomic mass is 35.5. The normalized spacial score (nSPS) is 10.2. The van der Waals surface area contributed by atoms with Crippen molar-refractivity contribution >= 4 is 23.2 Å². The van der Waals surface area contributed by atoms with Crippen LogP contribution in [0.5, 0.6) is 11.5 Å². The van der Waals surface area contributed by atoms with E-state index in [1.807, 2.05) is 0 Å². The Morgan fingerprint density at radius 3 is 2.47 bits per heavy atom. The maximum absolute atomic E-state index is 13.5. The van der Waals surface area contributed by atoms with Crippen molar-refractivity contribution in [3.63, 3.8) is 0 Å². The van der Waals surface area contributed by atoms with Crippen LogP contribution in [-0.4, -0.2) is 16.1 Å². The molecule has 0 spiro atoms. The molecule has 2 rings (SSSR count). The number of hydrogen-bond acceptors (Lipinski definition) is 3. The van der Waals surface area contributed by atoms with Gasteiger partial charge in [0.25, 0.3) is 5.91 Å². The van der Waals surface area contributed by atoms with Gasteiger partial charge in [-0.15, -0.1) is 0 Å². The molecule has 0 aliphatic heterocycles. The number of carbonyl (C=O) groups excluding carboxylic acids is 1. The smallest absolute Gasteiger partial charge is 0.255 e. The molecule has 0 radical (unpaired) electrons. The van der Waals surface area contributed by atoms with Gasteiger partial charge in [-0.25, -0.2) is 4.39 Å². The number of benzene rings is 2. The molecule has 0 bridgehead atoms. The predicted molar refractivity (Wildman–Crippen MR) is 69.1 cm³/mol. The van der Waals surface area contributed by atoms with Crippen LogP contribution in [0.4, 0.5) is 10.1 Å². The quantitative estimate of drug-likeness (QED) is 0.741. The number of rotatable bonds is 2. The molecule has 0 unspecified atom stereocenters. The van der Waals surface area contributed by atoms with Crippen molar-refractivity contribution in [3.8, 4) is 11.5 Å². The summed E-state index contributed by atoms with van der Waals surface area (Å²) >= 11 is 5.60. The number of anilines is 1. The maximum Gasteiger partial charge on any atom is 0.255 e. The summed E-state index contributed by atoms with van der Waals surface area (Å²) in [7, 11) is 0. The molecule has 0 heterocycles. The second-order valence-corrected chi connectivity index (χ2v) is 4.22. The lowest BCUT2D eigenvalue weighted by molar-refractivity contribution is 0.102. The SMILES string of the molecule is O=C(Nc1ccc(Cl)cc1F)c1ccc(O)c(O)c1. The van der Waals surface area contributed by atoms with Gasteiger partial charge >= 0.3 is 0 Å². The Morgan fingerprint density at radius 1 is 1.11 bits per heavy atom. The van der Waals surface area contributed by atoms with Crippen molar-refractivity contribution in [2.45, 2.75) is 0 Å². The lowest BCUT2D eigenvalue weighted by Crippen LogP contribution is -2.12. The van der Waals surface area contributed by atoms with E-state index in [9.17, 15) is 14.3 Å². The lowest BCUT2D eigenvalue weighted by atomic mass is 10.2. The zero-order chi connectivity index (χ0) is 14.0. The summed E-state index contributed by atoms with van der Waals surface area (Å²) in [6.07, 6.45) is 0. The zero-order valence-electron chi connectivity index (χ0n) is 9.52. The van der Waals surface area contributed by atoms with E-state index in [4.69, 9.17) is 16.7 Å². The molecule has 1 amide bonds. The molecule has 2 aromatic carbocycles. The molecule has 0 fully saturated rings. The molecule has 98 valence electrons. The molecule has 0 saturated heterocycles. The van der Waals surface area contributed by atoms with Gasteiger partial charge in [0.2, 0.25) is 0 Å². The van der Waals surface area contributed by atoms with Crippen LogP contribution in [-0.2, 0) is 0 Å². The standard InChI is InChI=1S/C13H9ClFNO3/c14-8-2-3-10(9(15)6-8)16-13(19)7-1-4-11(17)12(18)5-7/h1-6,17-18H,(H,16,19). The summed E-state index contributed by atoms with van der Waals surface area (Å²) in [5, 5.41) is 21.0. The maximum atomic E-state index is 13.5. The molecule has 3 N–H and O–H groups in total. The summed E-state index contributed by atoms with van der Waals surface area (Å²) in [4.78, 5) is 11.8. The van der Waals surface area contributed by atoms with Crippen molar-refractivity contribution in [1.82, 2.24) is 0 Å². The van der Waals surface area contributed by atoms with E-state index in [2.05, 4.69) is 5.32 Å². The largest absolute Gasteiger partial charge is 0.504 e. The molecule has 2 aromatic rings. The van der Waals surface area contributed by atoms with Gasteiger partial charge in [0.15, 0.2) is 11.5 Å². The van der Waals surface area contributed by atoms with Crippen LogP contribution in [0, 0.1) is 5.82 Å². The Hall–Kier alpha value is -2.27. The van der Waals surface area contributed by atoms with Gasteiger partial charge in [-0.05, 0) is 36.4 Å². The van der Waals surface area contributed by atoms with Crippen LogP contribution in [0.2, 0.25) is 5.02 Å². The van der Waals surface area contributed by atoms with Gasteiger partial charge in [-0.1, -0.05) is 11.6 Å². The molecular formula is C13H9ClFNO3. The van der Waals surface area contributed by atoms with E-state index in [-0.39, 0.29) is 22.0 Å². The highest BCUT2D eigenvalue weighted by Crippen LogP contribution is 2.26. The zero-order valence-corrected chi connectivity index (χ0v) is 10.3. The highest BCUT2D eigenvalue weighted by Gasteiger charge is 2.11. The van der Waals surface area contributed by atoms with E-state index in [0.717, 1.165) is 12.1 Å². The third-order valence-electron chi connectivity index (χ3n) is 2.42. The van der Waals surface area contributed by atoms with Gasteiger partial charge in [-0.3, -0.25) is 4.79 Å². The highest BCUT2D eigenvalue weighted by molar-refractivity contribution is 6.30. The first-order valence-electron chi connectivity index (χ1n) is 5.26. The fourth-order valence-electron chi connectivity index (χ4n) is 1.45. The van der Waals surface area contributed by atoms with E-state index < -0.39 is 17.5 Å². The minimum Gasteiger partial charge on any atom is -0.504 e. The van der Waals surface area contributed by atoms with Crippen LogP contribution < -0.4 is 5.32 Å². The molecule has 4 nitrogen and oxygen atoms in total. The third-order valence-corrected chi connectivity index (χ3v) is 2.65. The Labute approximate surface area is 113 Å². The van der Waals surface area contributed by atoms with Gasteiger partial charge in [0.05, 0.1) is 5.69 Å². The van der Waals surface area contributed by atoms with Gasteiger partial charge < -0.3 is 15.5 Å². The summed E-state index contributed by atoms with van der Waals surface area (Å²) < 4.78 is 13.5. The van der Waals surface area contributed by atoms with Crippen molar-refractivity contribution in [2.24, 2.45) is 0 Å². The van der Waals surface area contributed by atoms with Crippen molar-refractivity contribution in [3.05, 3.63) is 52.8 Å². The molecule has 0 saturated carbocycles. The van der Waals surface area contributed by atoms with Crippen LogP contribution in [0.25, 0.3) is 0 Å². The topological polar surface area (TPSA) is 69.6 Å². The van der Waals surface area contributed by atoms with E-state index in [0.29, 0.717) is 0 Å². The Balaban J connectivity index is 2.23. The van der Waals surface area contributed by atoms with Crippen molar-refractivity contribution in [1.29, 1.82) is 0 Å². The molecule has 0 aliphatic rings. The number of hydrogen-bond donors (Lipinski definition) is 3. The second-order valence-electron chi connectivity index (χ2n) is 3.78. The molecule has 19 heavy (non-hydrogen) atoms. The monoisotopic (exact) mass is 281 g/mol. The first-order valence-corrected chi connectivity index (χ1v) is 5.63. The predicted octanol–water partition coefficient (Wildman–Crippen LogP) is 3.14. The van der Waals surface area contributed by atoms with Crippen molar-refractivity contribution in [2.75, 3.05) is 5.32 Å². The second kappa shape index (κ2) is 5.16. The molecule has 0 atom stereocenters. The van der Waals surface area contributed by atoms with Crippen LogP contribution in [0.3, 0.4) is 0 Å². The van der Waals surface area contributed by atoms with E-state index in [1.165, 1.54) is 24.3 Å². The lowest BCUT2D eigenvalue weighted by Gasteiger charge is -2.07. The van der Waals surface area contributed by atoms with Gasteiger partial charge in [0, 0.05) is 10.6 Å². The van der Waals surface area contributed by atoms with Crippen LogP contribution in [0.15, 0.2) is 36.4 Å². The molecule has 0 aliphatic carbocycles. The number of phenols is 2. The number of nitrogens with one attached hydrogen (secondary N) is 1. The van der Waals surface area contributed by atoms with Crippen molar-refractivity contribution < 1.29 is 19.4 Å². The molecule has 0 aromatic heterocycles. The Bertz CT molecular complexity index is 646. The first kappa shape index (κ1) is 13.2. The third kappa shape index (κ3) is 2.95. The Kier molecular flexibility index (Phi) is 3.57. The van der Waals surface area contributed by atoms with Gasteiger partial charge in [-0.2, -0.15) is 0 Å². The summed E-state index contributed by atoms with van der Waals surface area (Å²) in [5.74, 6) is -2.04. The summed E-state index contributed by atoms with van der Waals surface area (Å²) in [6, 6.07) is 7.40. The summed E-state index contributed by atoms with van der Waals surface area (Å²) in [5.41, 5.74) is 0.0617. The number of amides is 1. The number of halogens is 2. The number of phenolic OH excluding ortho intramolecular Hbond substituents is 2. The van der Waals surface area contributed by atoms with Crippen LogP contribution in [0.1, 0.15) is 10.4 Å². The minimum atomic E-state index is -0.663. The summed E-state index contributed by atoms with van der Waals surface area (Å²) in [6.45, 7) is 0. The van der Waals surface area contributed by atoms with Gasteiger partial charge in [0.1, 0.15) is 5.82 Å². The average Bonchev–Trinajstić information content (AvgIpc) is 2.36. The average molecular weight is 282 g/mol. The fourth-order valence-corrected chi connectivity index (χ4v) is 1.61. The first-order chi connectivity index (χ1) is 8.97. The molecule has 6 heteroatoms. The van der Waals surface area contributed by atoms with E-state index >= 15 is 0 Å². The van der Waals surface area contributed by atoms with Crippen LogP contribution >= 0.6 is 11.6 Å². The Morgan fingerprint density at radius 2 is 1.84 bits per heavy atom. The van der Waals surface area contributed by atoms with E-state index in [1.54, 1.807) is 0 Å². The number of aromatic hydroxyl groups is 2.